The van der Waals surface area contributed by atoms with Gasteiger partial charge in [-0.3, -0.25) is 0 Å². The van der Waals surface area contributed by atoms with Crippen molar-refractivity contribution in [1.82, 2.24) is 0 Å². The van der Waals surface area contributed by atoms with Crippen LogP contribution in [-0.2, 0) is 9.05 Å². The maximum Gasteiger partial charge on any atom is 0.205 e. The van der Waals surface area contributed by atoms with Crippen molar-refractivity contribution in [2.45, 2.75) is 97.3 Å². The molecule has 0 aromatic heterocycles. The van der Waals surface area contributed by atoms with Crippen LogP contribution in [0.5, 0.6) is 0 Å². The van der Waals surface area contributed by atoms with Gasteiger partial charge in [-0.05, 0) is 69.9 Å². The second-order valence-corrected chi connectivity index (χ2v) is 11.9. The summed E-state index contributed by atoms with van der Waals surface area (Å²) in [5.41, 5.74) is 8.52. The van der Waals surface area contributed by atoms with Crippen LogP contribution in [0.4, 0.5) is 0 Å². The molecule has 0 heterocycles. The van der Waals surface area contributed by atoms with Crippen LogP contribution in [0.25, 0.3) is 11.1 Å². The van der Waals surface area contributed by atoms with Gasteiger partial charge < -0.3 is 9.05 Å². The molecule has 0 unspecified atom stereocenters. The van der Waals surface area contributed by atoms with E-state index in [1.165, 1.54) is 70.8 Å². The van der Waals surface area contributed by atoms with Crippen LogP contribution in [0.3, 0.4) is 0 Å². The predicted molar refractivity (Wildman–Crippen MR) is 141 cm³/mol. The zero-order valence-corrected chi connectivity index (χ0v) is 22.4. The SMILES string of the molecule is COP(OC)c1c(-c2c(C(C)C)cc(C(C)C)cc2C(C)C)cccc1C1CCCCC1. The number of rotatable bonds is 8. The van der Waals surface area contributed by atoms with E-state index >= 15 is 0 Å². The first-order valence-electron chi connectivity index (χ1n) is 12.5. The van der Waals surface area contributed by atoms with Gasteiger partial charge in [0, 0.05) is 19.5 Å². The third-order valence-corrected chi connectivity index (χ3v) is 8.56. The third kappa shape index (κ3) is 5.30. The molecule has 176 valence electrons. The summed E-state index contributed by atoms with van der Waals surface area (Å²) in [6.07, 6.45) is 6.55. The Morgan fingerprint density at radius 2 is 1.34 bits per heavy atom. The van der Waals surface area contributed by atoms with Crippen molar-refractivity contribution in [2.75, 3.05) is 14.2 Å². The monoisotopic (exact) mass is 454 g/mol. The highest BCUT2D eigenvalue weighted by atomic mass is 31.2. The van der Waals surface area contributed by atoms with Gasteiger partial charge in [-0.25, -0.2) is 0 Å². The normalized spacial score (nSPS) is 15.5. The molecule has 3 heteroatoms. The Balaban J connectivity index is 2.35. The van der Waals surface area contributed by atoms with E-state index in [9.17, 15) is 0 Å². The van der Waals surface area contributed by atoms with Gasteiger partial charge in [0.05, 0.1) is 0 Å². The first-order chi connectivity index (χ1) is 15.3. The van der Waals surface area contributed by atoms with Crippen molar-refractivity contribution in [3.05, 3.63) is 52.6 Å². The lowest BCUT2D eigenvalue weighted by Crippen LogP contribution is -2.20. The van der Waals surface area contributed by atoms with Crippen molar-refractivity contribution in [3.8, 4) is 11.1 Å². The van der Waals surface area contributed by atoms with Crippen LogP contribution < -0.4 is 5.30 Å². The average Bonchev–Trinajstić information content (AvgIpc) is 2.79. The fourth-order valence-electron chi connectivity index (χ4n) is 5.23. The van der Waals surface area contributed by atoms with E-state index in [0.717, 1.165) is 0 Å². The summed E-state index contributed by atoms with van der Waals surface area (Å²) in [5.74, 6) is 2.02. The fraction of sp³-hybridized carbons (Fsp3) is 0.586. The van der Waals surface area contributed by atoms with Crippen LogP contribution >= 0.6 is 8.38 Å². The van der Waals surface area contributed by atoms with Crippen molar-refractivity contribution in [1.29, 1.82) is 0 Å². The van der Waals surface area contributed by atoms with Gasteiger partial charge in [-0.2, -0.15) is 0 Å². The maximum absolute atomic E-state index is 5.98. The Hall–Kier alpha value is -1.21. The summed E-state index contributed by atoms with van der Waals surface area (Å²) >= 11 is 0. The van der Waals surface area contributed by atoms with E-state index in [4.69, 9.17) is 9.05 Å². The summed E-state index contributed by atoms with van der Waals surface area (Å²) in [4.78, 5) is 0. The van der Waals surface area contributed by atoms with E-state index < -0.39 is 8.38 Å². The first-order valence-corrected chi connectivity index (χ1v) is 13.7. The van der Waals surface area contributed by atoms with Gasteiger partial charge in [0.2, 0.25) is 8.38 Å². The zero-order valence-electron chi connectivity index (χ0n) is 21.5. The van der Waals surface area contributed by atoms with Gasteiger partial charge in [0.1, 0.15) is 0 Å². The van der Waals surface area contributed by atoms with Crippen LogP contribution in [0, 0.1) is 0 Å². The van der Waals surface area contributed by atoms with Gasteiger partial charge in [-0.15, -0.1) is 0 Å². The molecule has 3 rings (SSSR count). The molecule has 0 radical (unpaired) electrons. The summed E-state index contributed by atoms with van der Waals surface area (Å²) in [6.45, 7) is 13.9. The van der Waals surface area contributed by atoms with E-state index in [0.29, 0.717) is 23.7 Å². The lowest BCUT2D eigenvalue weighted by molar-refractivity contribution is 0.349. The summed E-state index contributed by atoms with van der Waals surface area (Å²) in [7, 11) is 2.47. The summed E-state index contributed by atoms with van der Waals surface area (Å²) in [5, 5.41) is 1.31. The van der Waals surface area contributed by atoms with Crippen LogP contribution in [0.2, 0.25) is 0 Å². The molecule has 2 nitrogen and oxygen atoms in total. The molecule has 0 atom stereocenters. The molecule has 1 fully saturated rings. The molecule has 1 aliphatic carbocycles. The predicted octanol–water partition coefficient (Wildman–Crippen LogP) is 9.00. The van der Waals surface area contributed by atoms with Gasteiger partial charge in [0.25, 0.3) is 0 Å². The molecule has 1 aliphatic rings. The fourth-order valence-corrected chi connectivity index (χ4v) is 6.60. The Morgan fingerprint density at radius 1 is 0.781 bits per heavy atom. The van der Waals surface area contributed by atoms with Gasteiger partial charge >= 0.3 is 0 Å². The van der Waals surface area contributed by atoms with Crippen LogP contribution in [-0.4, -0.2) is 14.2 Å². The van der Waals surface area contributed by atoms with Crippen molar-refractivity contribution < 1.29 is 9.05 Å². The quantitative estimate of drug-likeness (QED) is 0.370. The van der Waals surface area contributed by atoms with Gasteiger partial charge in [0.15, 0.2) is 0 Å². The molecule has 2 aromatic carbocycles. The number of hydrogen-bond acceptors (Lipinski definition) is 2. The maximum atomic E-state index is 5.98. The molecule has 0 spiro atoms. The number of benzene rings is 2. The topological polar surface area (TPSA) is 18.5 Å². The van der Waals surface area contributed by atoms with Crippen molar-refractivity contribution in [2.24, 2.45) is 0 Å². The smallest absolute Gasteiger partial charge is 0.205 e. The Morgan fingerprint density at radius 3 is 1.81 bits per heavy atom. The molecule has 1 saturated carbocycles. The largest absolute Gasteiger partial charge is 0.334 e. The molecule has 0 aliphatic heterocycles. The standard InChI is InChI=1S/C29H43O2P/c1-19(2)23-17-26(20(3)4)28(27(18-23)21(5)6)25-16-12-15-24(22-13-10-9-11-14-22)29(25)32(30-7)31-8/h12,15-22H,9-11,13-14H2,1-8H3. The van der Waals surface area contributed by atoms with Crippen LogP contribution in [0.15, 0.2) is 30.3 Å². The Labute approximate surface area is 198 Å². The molecule has 2 aromatic rings. The highest BCUT2D eigenvalue weighted by Crippen LogP contribution is 2.47. The molecule has 0 bridgehead atoms. The molecule has 0 N–H and O–H groups in total. The van der Waals surface area contributed by atoms with Crippen molar-refractivity contribution in [3.63, 3.8) is 0 Å². The zero-order chi connectivity index (χ0) is 23.4. The second-order valence-electron chi connectivity index (χ2n) is 10.2. The van der Waals surface area contributed by atoms with E-state index in [1.807, 2.05) is 0 Å². The van der Waals surface area contributed by atoms with Crippen LogP contribution in [0.1, 0.15) is 120 Å². The minimum Gasteiger partial charge on any atom is -0.334 e. The Bertz CT molecular complexity index is 861. The highest BCUT2D eigenvalue weighted by molar-refractivity contribution is 7.56. The first kappa shape index (κ1) is 25.4. The minimum absolute atomic E-state index is 0.448. The second kappa shape index (κ2) is 11.3. The van der Waals surface area contributed by atoms with E-state index in [2.05, 4.69) is 71.9 Å². The molecule has 0 amide bonds. The molecular formula is C29H43O2P. The average molecular weight is 455 g/mol. The third-order valence-electron chi connectivity index (χ3n) is 7.03. The van der Waals surface area contributed by atoms with Gasteiger partial charge in [-0.1, -0.05) is 91.1 Å². The molecule has 0 saturated heterocycles. The lowest BCUT2D eigenvalue weighted by atomic mass is 9.79. The lowest BCUT2D eigenvalue weighted by Gasteiger charge is -2.30. The number of hydrogen-bond donors (Lipinski definition) is 0. The summed E-state index contributed by atoms with van der Waals surface area (Å²) < 4.78 is 12.0. The van der Waals surface area contributed by atoms with Crippen molar-refractivity contribution >= 4 is 13.7 Å². The summed E-state index contributed by atoms with van der Waals surface area (Å²) in [6, 6.07) is 11.8. The molecular weight excluding hydrogens is 411 g/mol. The highest BCUT2D eigenvalue weighted by Gasteiger charge is 2.29. The van der Waals surface area contributed by atoms with E-state index in [1.54, 1.807) is 14.2 Å². The minimum atomic E-state index is -1.12. The van der Waals surface area contributed by atoms with E-state index in [-0.39, 0.29) is 0 Å². The molecule has 32 heavy (non-hydrogen) atoms. The Kier molecular flexibility index (Phi) is 8.96.